The standard InChI is InChI=1S/C24H20/c1-2-21(19-18-20-12-6-3-7-13-20)24(22-14-8-4-9-15-22)23-16-10-5-11-17-23/h3-17H,2H2,1H3. The Labute approximate surface area is 144 Å². The maximum atomic E-state index is 3.41. The molecule has 0 aliphatic rings. The highest BCUT2D eigenvalue weighted by atomic mass is 14.1. The Balaban J connectivity index is 2.15. The van der Waals surface area contributed by atoms with Crippen LogP contribution < -0.4 is 0 Å². The van der Waals surface area contributed by atoms with Gasteiger partial charge >= 0.3 is 0 Å². The molecule has 0 fully saturated rings. The number of allylic oxidation sites excluding steroid dienone is 1. The SMILES string of the molecule is CCC(C#Cc1ccccc1)=C(c1ccccc1)c1ccccc1. The summed E-state index contributed by atoms with van der Waals surface area (Å²) < 4.78 is 0. The van der Waals surface area contributed by atoms with E-state index in [9.17, 15) is 0 Å². The fourth-order valence-electron chi connectivity index (χ4n) is 2.72. The van der Waals surface area contributed by atoms with E-state index in [1.807, 2.05) is 42.5 Å². The van der Waals surface area contributed by atoms with Gasteiger partial charge in [0.05, 0.1) is 0 Å². The summed E-state index contributed by atoms with van der Waals surface area (Å²) in [5.41, 5.74) is 5.85. The number of benzene rings is 3. The summed E-state index contributed by atoms with van der Waals surface area (Å²) in [6.45, 7) is 2.17. The monoisotopic (exact) mass is 308 g/mol. The predicted molar refractivity (Wildman–Crippen MR) is 103 cm³/mol. The number of hydrogen-bond donors (Lipinski definition) is 0. The molecule has 0 saturated carbocycles. The van der Waals surface area contributed by atoms with Crippen molar-refractivity contribution in [3.63, 3.8) is 0 Å². The van der Waals surface area contributed by atoms with Crippen LogP contribution in [0.4, 0.5) is 0 Å². The third kappa shape index (κ3) is 3.83. The van der Waals surface area contributed by atoms with Crippen LogP contribution in [0.15, 0.2) is 96.6 Å². The number of hydrogen-bond acceptors (Lipinski definition) is 0. The molecule has 3 aromatic rings. The molecule has 116 valence electrons. The van der Waals surface area contributed by atoms with Crippen LogP contribution in [0.5, 0.6) is 0 Å². The number of rotatable bonds is 3. The van der Waals surface area contributed by atoms with Gasteiger partial charge in [-0.2, -0.15) is 0 Å². The second-order valence-corrected chi connectivity index (χ2v) is 5.56. The van der Waals surface area contributed by atoms with E-state index in [1.54, 1.807) is 0 Å². The Kier molecular flexibility index (Phi) is 5.28. The van der Waals surface area contributed by atoms with Gasteiger partial charge in [-0.25, -0.2) is 0 Å². The van der Waals surface area contributed by atoms with Crippen LogP contribution in [-0.4, -0.2) is 0 Å². The van der Waals surface area contributed by atoms with E-state index >= 15 is 0 Å². The fraction of sp³-hybridized carbons (Fsp3) is 0.0833. The molecule has 0 N–H and O–H groups in total. The van der Waals surface area contributed by atoms with Crippen molar-refractivity contribution in [1.82, 2.24) is 0 Å². The van der Waals surface area contributed by atoms with E-state index in [2.05, 4.69) is 67.3 Å². The van der Waals surface area contributed by atoms with Crippen LogP contribution in [0.1, 0.15) is 30.0 Å². The van der Waals surface area contributed by atoms with Crippen LogP contribution >= 0.6 is 0 Å². The minimum atomic E-state index is 0.902. The van der Waals surface area contributed by atoms with Gasteiger partial charge in [0, 0.05) is 16.7 Å². The minimum Gasteiger partial charge on any atom is -0.0654 e. The molecule has 3 aromatic carbocycles. The lowest BCUT2D eigenvalue weighted by Gasteiger charge is -2.11. The zero-order valence-corrected chi connectivity index (χ0v) is 13.9. The molecule has 0 aromatic heterocycles. The van der Waals surface area contributed by atoms with Gasteiger partial charge in [-0.05, 0) is 29.7 Å². The van der Waals surface area contributed by atoms with Crippen molar-refractivity contribution in [3.8, 4) is 11.8 Å². The molecule has 0 nitrogen and oxygen atoms in total. The average molecular weight is 308 g/mol. The predicted octanol–water partition coefficient (Wildman–Crippen LogP) is 5.95. The van der Waals surface area contributed by atoms with Crippen molar-refractivity contribution in [2.75, 3.05) is 0 Å². The summed E-state index contributed by atoms with van der Waals surface area (Å²) in [5.74, 6) is 6.72. The van der Waals surface area contributed by atoms with E-state index < -0.39 is 0 Å². The van der Waals surface area contributed by atoms with E-state index in [-0.39, 0.29) is 0 Å². The summed E-state index contributed by atoms with van der Waals surface area (Å²) in [5, 5.41) is 0. The van der Waals surface area contributed by atoms with Gasteiger partial charge < -0.3 is 0 Å². The zero-order chi connectivity index (χ0) is 16.6. The van der Waals surface area contributed by atoms with E-state index in [0.717, 1.165) is 17.6 Å². The molecule has 0 bridgehead atoms. The molecule has 0 amide bonds. The van der Waals surface area contributed by atoms with Gasteiger partial charge in [0.15, 0.2) is 0 Å². The molecule has 0 saturated heterocycles. The first-order valence-electron chi connectivity index (χ1n) is 8.29. The van der Waals surface area contributed by atoms with E-state index in [0.29, 0.717) is 0 Å². The molecule has 0 spiro atoms. The van der Waals surface area contributed by atoms with Crippen molar-refractivity contribution in [2.45, 2.75) is 13.3 Å². The average Bonchev–Trinajstić information content (AvgIpc) is 2.67. The Morgan fingerprint density at radius 1 is 0.667 bits per heavy atom. The van der Waals surface area contributed by atoms with Crippen LogP contribution in [0.2, 0.25) is 0 Å². The summed E-state index contributed by atoms with van der Waals surface area (Å²) >= 11 is 0. The van der Waals surface area contributed by atoms with Crippen LogP contribution in [0.3, 0.4) is 0 Å². The molecule has 3 rings (SSSR count). The molecule has 0 heterocycles. The first-order valence-corrected chi connectivity index (χ1v) is 8.29. The third-order valence-corrected chi connectivity index (χ3v) is 3.91. The maximum Gasteiger partial charge on any atom is 0.0248 e. The highest BCUT2D eigenvalue weighted by molar-refractivity contribution is 5.84. The van der Waals surface area contributed by atoms with E-state index in [1.165, 1.54) is 16.7 Å². The lowest BCUT2D eigenvalue weighted by Crippen LogP contribution is -1.93. The Morgan fingerprint density at radius 3 is 1.58 bits per heavy atom. The zero-order valence-electron chi connectivity index (χ0n) is 13.9. The second-order valence-electron chi connectivity index (χ2n) is 5.56. The topological polar surface area (TPSA) is 0 Å². The summed E-state index contributed by atoms with van der Waals surface area (Å²) in [6.07, 6.45) is 0.902. The molecule has 0 atom stereocenters. The first kappa shape index (κ1) is 15.8. The molecule has 24 heavy (non-hydrogen) atoms. The lowest BCUT2D eigenvalue weighted by molar-refractivity contribution is 1.17. The van der Waals surface area contributed by atoms with Crippen molar-refractivity contribution in [1.29, 1.82) is 0 Å². The first-order chi connectivity index (χ1) is 11.9. The molecule has 0 unspecified atom stereocenters. The summed E-state index contributed by atoms with van der Waals surface area (Å²) in [7, 11) is 0. The van der Waals surface area contributed by atoms with Gasteiger partial charge in [-0.3, -0.25) is 0 Å². The highest BCUT2D eigenvalue weighted by Gasteiger charge is 2.09. The van der Waals surface area contributed by atoms with Crippen LogP contribution in [0.25, 0.3) is 5.57 Å². The molecule has 0 aliphatic carbocycles. The van der Waals surface area contributed by atoms with Gasteiger partial charge in [-0.15, -0.1) is 0 Å². The van der Waals surface area contributed by atoms with Gasteiger partial charge in [0.25, 0.3) is 0 Å². The van der Waals surface area contributed by atoms with Gasteiger partial charge in [-0.1, -0.05) is 97.6 Å². The highest BCUT2D eigenvalue weighted by Crippen LogP contribution is 2.28. The lowest BCUT2D eigenvalue weighted by atomic mass is 9.92. The van der Waals surface area contributed by atoms with E-state index in [4.69, 9.17) is 0 Å². The van der Waals surface area contributed by atoms with Crippen LogP contribution in [0, 0.1) is 11.8 Å². The van der Waals surface area contributed by atoms with Crippen molar-refractivity contribution in [2.24, 2.45) is 0 Å². The quantitative estimate of drug-likeness (QED) is 0.524. The smallest absolute Gasteiger partial charge is 0.0248 e. The third-order valence-electron chi connectivity index (χ3n) is 3.91. The Hall–Kier alpha value is -3.04. The van der Waals surface area contributed by atoms with Crippen molar-refractivity contribution in [3.05, 3.63) is 113 Å². The Bertz CT molecular complexity index is 819. The second kappa shape index (κ2) is 7.99. The Morgan fingerprint density at radius 2 is 1.12 bits per heavy atom. The normalized spacial score (nSPS) is 9.71. The summed E-state index contributed by atoms with van der Waals surface area (Å²) in [6, 6.07) is 31.2. The molecule has 0 aliphatic heterocycles. The fourth-order valence-corrected chi connectivity index (χ4v) is 2.72. The van der Waals surface area contributed by atoms with Crippen molar-refractivity contribution < 1.29 is 0 Å². The molecular formula is C24H20. The van der Waals surface area contributed by atoms with Gasteiger partial charge in [0.2, 0.25) is 0 Å². The largest absolute Gasteiger partial charge is 0.0654 e. The summed E-state index contributed by atoms with van der Waals surface area (Å²) in [4.78, 5) is 0. The molecule has 0 heteroatoms. The minimum absolute atomic E-state index is 0.902. The van der Waals surface area contributed by atoms with Crippen molar-refractivity contribution >= 4 is 5.57 Å². The maximum absolute atomic E-state index is 3.41. The van der Waals surface area contributed by atoms with Crippen LogP contribution in [-0.2, 0) is 0 Å². The molecular weight excluding hydrogens is 288 g/mol. The van der Waals surface area contributed by atoms with Gasteiger partial charge in [0.1, 0.15) is 0 Å². The molecule has 0 radical (unpaired) electrons.